The van der Waals surface area contributed by atoms with E-state index in [0.29, 0.717) is 34.5 Å². The molecule has 1 amide bonds. The number of aromatic nitrogens is 4. The number of hydrogen-bond acceptors (Lipinski definition) is 7. The average molecular weight is 547 g/mol. The van der Waals surface area contributed by atoms with Gasteiger partial charge in [0, 0.05) is 55.5 Å². The van der Waals surface area contributed by atoms with Crippen LogP contribution in [0.2, 0.25) is 0 Å². The van der Waals surface area contributed by atoms with Gasteiger partial charge in [0.2, 0.25) is 0 Å². The number of pyridine rings is 1. The number of hydrogen-bond donors (Lipinski definition) is 3. The number of benzene rings is 2. The average Bonchev–Trinajstić information content (AvgIpc) is 3.33. The first-order chi connectivity index (χ1) is 20.0. The highest BCUT2D eigenvalue weighted by Gasteiger charge is 2.24. The summed E-state index contributed by atoms with van der Waals surface area (Å²) in [6.45, 7) is 6.30. The molecule has 206 valence electrons. The van der Waals surface area contributed by atoms with Crippen molar-refractivity contribution in [1.29, 1.82) is 0 Å². The number of carbonyl (C=O) groups excluding carboxylic acids is 1. The highest BCUT2D eigenvalue weighted by atomic mass is 16.2. The molecule has 3 aromatic heterocycles. The van der Waals surface area contributed by atoms with Crippen LogP contribution in [0.3, 0.4) is 0 Å². The maximum atomic E-state index is 14.2. The first-order valence-electron chi connectivity index (χ1n) is 13.6. The summed E-state index contributed by atoms with van der Waals surface area (Å²) in [6.07, 6.45) is 3.26. The zero-order valence-electron chi connectivity index (χ0n) is 22.7. The number of nitrogen functional groups attached to an aromatic ring is 1. The van der Waals surface area contributed by atoms with Crippen LogP contribution in [0.15, 0.2) is 77.9 Å². The molecule has 1 saturated heterocycles. The molecule has 10 heteroatoms. The first kappa shape index (κ1) is 26.3. The van der Waals surface area contributed by atoms with Crippen molar-refractivity contribution in [3.05, 3.63) is 100 Å². The number of nitrogens with two attached hydrogens (primary N) is 1. The molecule has 10 nitrogen and oxygen atoms in total. The van der Waals surface area contributed by atoms with Crippen LogP contribution in [0, 0.1) is 11.8 Å². The summed E-state index contributed by atoms with van der Waals surface area (Å²) in [6, 6.07) is 18.2. The van der Waals surface area contributed by atoms with E-state index in [0.717, 1.165) is 31.6 Å². The number of piperazine rings is 1. The number of nitrogens with zero attached hydrogens (tertiary/aromatic N) is 5. The minimum Gasteiger partial charge on any atom is -0.381 e. The standard InChI is InChI=1S/C31H30N8O2/c1-21(35-30(40)27-28(32)36-38-17-7-13-34-29(27)38)25-20-23-9-5-8-22(10-6-16-37-18-14-33-15-19-37)26(23)31(41)39(25)24-11-3-2-4-12-24/h2-5,7-9,11-13,17,20-21,33H,14-16,18-19H2,1H3,(H2,32,36)(H,35,40)/t21-/m1/s1. The van der Waals surface area contributed by atoms with Crippen LogP contribution in [0.5, 0.6) is 0 Å². The van der Waals surface area contributed by atoms with Gasteiger partial charge in [-0.2, -0.15) is 0 Å². The van der Waals surface area contributed by atoms with E-state index in [1.165, 1.54) is 4.52 Å². The van der Waals surface area contributed by atoms with Crippen molar-refractivity contribution in [2.75, 3.05) is 38.5 Å². The molecule has 0 aliphatic carbocycles. The van der Waals surface area contributed by atoms with Gasteiger partial charge in [0.15, 0.2) is 11.5 Å². The summed E-state index contributed by atoms with van der Waals surface area (Å²) in [5.74, 6) is 6.17. The Bertz CT molecular complexity index is 1860. The Morgan fingerprint density at radius 3 is 2.73 bits per heavy atom. The summed E-state index contributed by atoms with van der Waals surface area (Å²) < 4.78 is 3.11. The van der Waals surface area contributed by atoms with Crippen molar-refractivity contribution in [1.82, 2.24) is 34.7 Å². The third-order valence-electron chi connectivity index (χ3n) is 7.27. The van der Waals surface area contributed by atoms with Crippen molar-refractivity contribution >= 4 is 28.1 Å². The van der Waals surface area contributed by atoms with Gasteiger partial charge in [0.1, 0.15) is 5.56 Å². The normalized spacial score (nSPS) is 14.5. The number of nitrogens with one attached hydrogen (secondary N) is 2. The molecule has 6 rings (SSSR count). The highest BCUT2D eigenvalue weighted by Crippen LogP contribution is 2.24. The molecule has 5 aromatic rings. The molecule has 0 unspecified atom stereocenters. The fraction of sp³-hybridized carbons (Fsp3) is 0.226. The summed E-state index contributed by atoms with van der Waals surface area (Å²) in [5, 5.41) is 11.8. The van der Waals surface area contributed by atoms with Gasteiger partial charge in [-0.1, -0.05) is 42.2 Å². The number of rotatable bonds is 5. The number of fused-ring (bicyclic) bond motifs is 2. The second-order valence-electron chi connectivity index (χ2n) is 9.99. The molecule has 4 N–H and O–H groups in total. The summed E-state index contributed by atoms with van der Waals surface area (Å²) in [7, 11) is 0. The molecule has 1 atom stereocenters. The van der Waals surface area contributed by atoms with E-state index in [1.54, 1.807) is 23.0 Å². The van der Waals surface area contributed by atoms with Crippen molar-refractivity contribution in [2.45, 2.75) is 13.0 Å². The number of amides is 1. The molecule has 1 aliphatic heterocycles. The van der Waals surface area contributed by atoms with Crippen molar-refractivity contribution in [2.24, 2.45) is 0 Å². The van der Waals surface area contributed by atoms with Crippen molar-refractivity contribution < 1.29 is 4.79 Å². The van der Waals surface area contributed by atoms with Gasteiger partial charge in [-0.15, -0.1) is 5.10 Å². The van der Waals surface area contributed by atoms with Crippen molar-refractivity contribution in [3.8, 4) is 17.5 Å². The van der Waals surface area contributed by atoms with E-state index in [-0.39, 0.29) is 16.9 Å². The van der Waals surface area contributed by atoms with Crippen molar-refractivity contribution in [3.63, 3.8) is 0 Å². The van der Waals surface area contributed by atoms with Crippen LogP contribution in [-0.4, -0.2) is 62.7 Å². The third kappa shape index (κ3) is 5.16. The molecule has 4 heterocycles. The Labute approximate surface area is 236 Å². The van der Waals surface area contributed by atoms with Crippen LogP contribution >= 0.6 is 0 Å². The largest absolute Gasteiger partial charge is 0.381 e. The molecular weight excluding hydrogens is 516 g/mol. The lowest BCUT2D eigenvalue weighted by Gasteiger charge is -2.24. The predicted molar refractivity (Wildman–Crippen MR) is 159 cm³/mol. The van der Waals surface area contributed by atoms with Gasteiger partial charge < -0.3 is 16.4 Å². The maximum absolute atomic E-state index is 14.2. The van der Waals surface area contributed by atoms with Gasteiger partial charge in [-0.05, 0) is 42.6 Å². The predicted octanol–water partition coefficient (Wildman–Crippen LogP) is 2.36. The Kier molecular flexibility index (Phi) is 7.20. The Balaban J connectivity index is 1.41. The quantitative estimate of drug-likeness (QED) is 0.289. The fourth-order valence-corrected chi connectivity index (χ4v) is 5.23. The zero-order chi connectivity index (χ0) is 28.3. The second kappa shape index (κ2) is 11.3. The van der Waals surface area contributed by atoms with Gasteiger partial charge >= 0.3 is 0 Å². The summed E-state index contributed by atoms with van der Waals surface area (Å²) in [4.78, 5) is 34.2. The molecule has 1 fully saturated rings. The maximum Gasteiger partial charge on any atom is 0.264 e. The topological polar surface area (TPSA) is 123 Å². The highest BCUT2D eigenvalue weighted by molar-refractivity contribution is 6.04. The lowest BCUT2D eigenvalue weighted by Crippen LogP contribution is -2.43. The van der Waals surface area contributed by atoms with Crippen LogP contribution in [-0.2, 0) is 0 Å². The number of anilines is 1. The molecule has 2 aromatic carbocycles. The van der Waals surface area contributed by atoms with E-state index in [1.807, 2.05) is 61.5 Å². The van der Waals surface area contributed by atoms with E-state index in [4.69, 9.17) is 5.73 Å². The van der Waals surface area contributed by atoms with E-state index < -0.39 is 11.9 Å². The fourth-order valence-electron chi connectivity index (χ4n) is 5.23. The van der Waals surface area contributed by atoms with Gasteiger partial charge in [0.25, 0.3) is 11.5 Å². The molecule has 41 heavy (non-hydrogen) atoms. The van der Waals surface area contributed by atoms with E-state index in [2.05, 4.69) is 37.5 Å². The monoisotopic (exact) mass is 546 g/mol. The number of carbonyl (C=O) groups is 1. The van der Waals surface area contributed by atoms with Gasteiger partial charge in [-0.25, -0.2) is 9.50 Å². The van der Waals surface area contributed by atoms with Crippen LogP contribution < -0.4 is 21.9 Å². The first-order valence-corrected chi connectivity index (χ1v) is 13.6. The third-order valence-corrected chi connectivity index (χ3v) is 7.27. The zero-order valence-corrected chi connectivity index (χ0v) is 22.7. The van der Waals surface area contributed by atoms with Crippen LogP contribution in [0.25, 0.3) is 22.1 Å². The lowest BCUT2D eigenvalue weighted by atomic mass is 10.0. The van der Waals surface area contributed by atoms with Gasteiger partial charge in [-0.3, -0.25) is 19.1 Å². The van der Waals surface area contributed by atoms with Gasteiger partial charge in [0.05, 0.1) is 18.0 Å². The van der Waals surface area contributed by atoms with Crippen LogP contribution in [0.4, 0.5) is 5.82 Å². The van der Waals surface area contributed by atoms with Crippen LogP contribution in [0.1, 0.15) is 34.6 Å². The summed E-state index contributed by atoms with van der Waals surface area (Å²) >= 11 is 0. The lowest BCUT2D eigenvalue weighted by molar-refractivity contribution is 0.0941. The minimum atomic E-state index is -0.555. The Morgan fingerprint density at radius 1 is 1.12 bits per heavy atom. The van der Waals surface area contributed by atoms with E-state index >= 15 is 0 Å². The minimum absolute atomic E-state index is 0.0800. The molecule has 0 bridgehead atoms. The smallest absolute Gasteiger partial charge is 0.264 e. The van der Waals surface area contributed by atoms with E-state index in [9.17, 15) is 9.59 Å². The molecular formula is C31H30N8O2. The Morgan fingerprint density at radius 2 is 1.93 bits per heavy atom. The SMILES string of the molecule is C[C@@H](NC(=O)c1c(N)nn2cccnc12)c1cc2cccc(C#CCN3CCNCC3)c2c(=O)n1-c1ccccc1. The molecule has 0 spiro atoms. The summed E-state index contributed by atoms with van der Waals surface area (Å²) in [5.41, 5.74) is 8.43. The Hall–Kier alpha value is -4.98. The molecule has 0 saturated carbocycles. The number of para-hydroxylation sites is 1. The second-order valence-corrected chi connectivity index (χ2v) is 9.99. The molecule has 1 aliphatic rings. The molecule has 0 radical (unpaired) electrons.